The zero-order chi connectivity index (χ0) is 28.3. The van der Waals surface area contributed by atoms with Gasteiger partial charge in [-0.25, -0.2) is 0 Å². The summed E-state index contributed by atoms with van der Waals surface area (Å²) >= 11 is 1.39. The van der Waals surface area contributed by atoms with Gasteiger partial charge in [-0.1, -0.05) is 6.07 Å². The molecule has 0 aliphatic carbocycles. The lowest BCUT2D eigenvalue weighted by Crippen LogP contribution is -2.50. The van der Waals surface area contributed by atoms with E-state index in [4.69, 9.17) is 14.2 Å². The fourth-order valence-corrected chi connectivity index (χ4v) is 5.05. The number of hydrogen-bond donors (Lipinski definition) is 1. The van der Waals surface area contributed by atoms with Crippen LogP contribution >= 0.6 is 11.3 Å². The third-order valence-electron chi connectivity index (χ3n) is 5.97. The summed E-state index contributed by atoms with van der Waals surface area (Å²) in [5.74, 6) is 1.43. The van der Waals surface area contributed by atoms with E-state index in [-0.39, 0.29) is 12.5 Å². The molecule has 2 amide bonds. The van der Waals surface area contributed by atoms with E-state index in [1.54, 1.807) is 37.4 Å². The number of fused-ring (bicyclic) bond motifs is 1. The van der Waals surface area contributed by atoms with Crippen molar-refractivity contribution in [1.82, 2.24) is 25.5 Å². The number of anilines is 1. The summed E-state index contributed by atoms with van der Waals surface area (Å²) in [5.41, 5.74) is 0.686. The van der Waals surface area contributed by atoms with Gasteiger partial charge in [-0.3, -0.25) is 14.5 Å². The molecule has 1 atom stereocenters. The van der Waals surface area contributed by atoms with Crippen LogP contribution in [0.5, 0.6) is 17.2 Å². The predicted molar refractivity (Wildman–Crippen MR) is 150 cm³/mol. The van der Waals surface area contributed by atoms with Crippen molar-refractivity contribution in [2.75, 3.05) is 25.2 Å². The van der Waals surface area contributed by atoms with Crippen molar-refractivity contribution in [3.8, 4) is 28.6 Å². The fourth-order valence-electron chi connectivity index (χ4n) is 4.24. The smallest absolute Gasteiger partial charge is 0.251 e. The van der Waals surface area contributed by atoms with Crippen molar-refractivity contribution in [1.29, 1.82) is 0 Å². The van der Waals surface area contributed by atoms with Crippen molar-refractivity contribution < 1.29 is 23.8 Å². The Balaban J connectivity index is 1.51. The lowest BCUT2D eigenvalue weighted by Gasteiger charge is -2.33. The number of benzene rings is 2. The fraction of sp³-hybridized carbons (Fsp3) is 0.321. The molecule has 5 rings (SSSR count). The Labute approximate surface area is 235 Å². The highest BCUT2D eigenvalue weighted by Gasteiger charge is 2.36. The molecule has 0 unspecified atom stereocenters. The van der Waals surface area contributed by atoms with Crippen molar-refractivity contribution >= 4 is 28.8 Å². The molecule has 12 heteroatoms. The van der Waals surface area contributed by atoms with E-state index in [0.29, 0.717) is 46.9 Å². The molecule has 0 spiro atoms. The first kappa shape index (κ1) is 27.1. The van der Waals surface area contributed by atoms with Gasteiger partial charge in [-0.15, -0.1) is 21.5 Å². The maximum atomic E-state index is 14.1. The Bertz CT molecular complexity index is 1480. The van der Waals surface area contributed by atoms with E-state index < -0.39 is 17.5 Å². The number of aromatic nitrogens is 4. The SMILES string of the molecule is COc1ccc(-c2nnn(CC(=O)N(c3ccc4c(c3)OCCO4)[C@H](C(=O)NC(C)(C)C)c3cccs3)n2)cc1. The minimum Gasteiger partial charge on any atom is -0.497 e. The third-order valence-corrected chi connectivity index (χ3v) is 6.89. The van der Waals surface area contributed by atoms with Crippen LogP contribution in [0, 0.1) is 0 Å². The number of thiophene rings is 1. The number of nitrogens with zero attached hydrogens (tertiary/aromatic N) is 5. The normalized spacial score (nSPS) is 13.4. The standard InChI is InChI=1S/C28H30N6O5S/c1-28(2,3)29-27(36)25(23-6-5-15-40-23)34(19-9-12-21-22(16-19)39-14-13-38-21)24(35)17-33-31-26(30-32-33)18-7-10-20(37-4)11-8-18/h5-12,15-16,25H,13-14,17H2,1-4H3,(H,29,36)/t25-/m0/s1. The second-order valence-electron chi connectivity index (χ2n) is 10.1. The first-order chi connectivity index (χ1) is 19.2. The maximum Gasteiger partial charge on any atom is 0.251 e. The molecule has 208 valence electrons. The number of carbonyl (C=O) groups excluding carboxylic acids is 2. The molecule has 0 bridgehead atoms. The van der Waals surface area contributed by atoms with Crippen molar-refractivity contribution in [2.24, 2.45) is 0 Å². The molecular weight excluding hydrogens is 532 g/mol. The first-order valence-electron chi connectivity index (χ1n) is 12.7. The van der Waals surface area contributed by atoms with Gasteiger partial charge in [-0.05, 0) is 73.8 Å². The molecule has 0 radical (unpaired) electrons. The average molecular weight is 563 g/mol. The second kappa shape index (κ2) is 11.3. The molecular formula is C28H30N6O5S. The number of carbonyl (C=O) groups is 2. The molecule has 0 saturated carbocycles. The zero-order valence-corrected chi connectivity index (χ0v) is 23.5. The van der Waals surface area contributed by atoms with Gasteiger partial charge in [0.1, 0.15) is 31.5 Å². The van der Waals surface area contributed by atoms with Crippen LogP contribution in [-0.4, -0.2) is 57.9 Å². The van der Waals surface area contributed by atoms with Crippen LogP contribution in [0.3, 0.4) is 0 Å². The van der Waals surface area contributed by atoms with E-state index in [0.717, 1.165) is 5.56 Å². The van der Waals surface area contributed by atoms with Gasteiger partial charge in [-0.2, -0.15) is 4.80 Å². The molecule has 1 aliphatic rings. The van der Waals surface area contributed by atoms with Gasteiger partial charge < -0.3 is 19.5 Å². The van der Waals surface area contributed by atoms with Gasteiger partial charge in [0, 0.05) is 27.7 Å². The van der Waals surface area contributed by atoms with Gasteiger partial charge in [0.15, 0.2) is 11.5 Å². The van der Waals surface area contributed by atoms with E-state index in [1.807, 2.05) is 50.4 Å². The second-order valence-corrected chi connectivity index (χ2v) is 11.1. The number of methoxy groups -OCH3 is 1. The van der Waals surface area contributed by atoms with Crippen LogP contribution in [0.25, 0.3) is 11.4 Å². The van der Waals surface area contributed by atoms with Gasteiger partial charge in [0.05, 0.1) is 7.11 Å². The Hall–Kier alpha value is -4.45. The van der Waals surface area contributed by atoms with Crippen LogP contribution in [0.1, 0.15) is 31.7 Å². The number of amides is 2. The lowest BCUT2D eigenvalue weighted by molar-refractivity contribution is -0.128. The van der Waals surface area contributed by atoms with Gasteiger partial charge >= 0.3 is 0 Å². The van der Waals surface area contributed by atoms with Gasteiger partial charge in [0.25, 0.3) is 5.91 Å². The molecule has 1 N–H and O–H groups in total. The van der Waals surface area contributed by atoms with E-state index in [1.165, 1.54) is 21.0 Å². The number of nitrogens with one attached hydrogen (secondary N) is 1. The molecule has 40 heavy (non-hydrogen) atoms. The van der Waals surface area contributed by atoms with E-state index in [2.05, 4.69) is 20.7 Å². The summed E-state index contributed by atoms with van der Waals surface area (Å²) in [4.78, 5) is 31.2. The lowest BCUT2D eigenvalue weighted by atomic mass is 10.1. The summed E-state index contributed by atoms with van der Waals surface area (Å²) in [6.07, 6.45) is 0. The predicted octanol–water partition coefficient (Wildman–Crippen LogP) is 3.87. The highest BCUT2D eigenvalue weighted by molar-refractivity contribution is 7.10. The molecule has 2 aromatic carbocycles. The van der Waals surface area contributed by atoms with Gasteiger partial charge in [0.2, 0.25) is 11.7 Å². The Morgan fingerprint density at radius 3 is 2.52 bits per heavy atom. The number of ether oxygens (including phenoxy) is 3. The minimum atomic E-state index is -0.945. The Morgan fingerprint density at radius 1 is 1.10 bits per heavy atom. The number of tetrazole rings is 1. The monoisotopic (exact) mass is 562 g/mol. The average Bonchev–Trinajstić information content (AvgIpc) is 3.63. The molecule has 4 aromatic rings. The summed E-state index contributed by atoms with van der Waals surface area (Å²) in [5, 5.41) is 17.5. The Morgan fingerprint density at radius 2 is 1.85 bits per heavy atom. The number of rotatable bonds is 8. The Kier molecular flexibility index (Phi) is 7.69. The molecule has 0 saturated heterocycles. The van der Waals surface area contributed by atoms with E-state index in [9.17, 15) is 9.59 Å². The van der Waals surface area contributed by atoms with Crippen LogP contribution in [0.2, 0.25) is 0 Å². The molecule has 2 aromatic heterocycles. The highest BCUT2D eigenvalue weighted by atomic mass is 32.1. The molecule has 1 aliphatic heterocycles. The summed E-state index contributed by atoms with van der Waals surface area (Å²) in [6, 6.07) is 15.2. The highest BCUT2D eigenvalue weighted by Crippen LogP contribution is 2.38. The molecule has 3 heterocycles. The summed E-state index contributed by atoms with van der Waals surface area (Å²) in [7, 11) is 1.59. The first-order valence-corrected chi connectivity index (χ1v) is 13.6. The molecule has 0 fully saturated rings. The van der Waals surface area contributed by atoms with Crippen LogP contribution in [0.15, 0.2) is 60.0 Å². The topological polar surface area (TPSA) is 121 Å². The summed E-state index contributed by atoms with van der Waals surface area (Å²) < 4.78 is 16.7. The quantitative estimate of drug-likeness (QED) is 0.344. The van der Waals surface area contributed by atoms with Crippen molar-refractivity contribution in [2.45, 2.75) is 38.9 Å². The van der Waals surface area contributed by atoms with Crippen LogP contribution in [0.4, 0.5) is 5.69 Å². The van der Waals surface area contributed by atoms with Crippen LogP contribution < -0.4 is 24.4 Å². The third kappa shape index (κ3) is 6.07. The van der Waals surface area contributed by atoms with Crippen molar-refractivity contribution in [3.05, 3.63) is 64.9 Å². The largest absolute Gasteiger partial charge is 0.497 e. The number of hydrogen-bond acceptors (Lipinski definition) is 9. The minimum absolute atomic E-state index is 0.248. The van der Waals surface area contributed by atoms with E-state index >= 15 is 0 Å². The van der Waals surface area contributed by atoms with Crippen molar-refractivity contribution in [3.63, 3.8) is 0 Å². The van der Waals surface area contributed by atoms with Crippen LogP contribution in [-0.2, 0) is 16.1 Å². The summed E-state index contributed by atoms with van der Waals surface area (Å²) in [6.45, 7) is 6.27. The maximum absolute atomic E-state index is 14.1. The zero-order valence-electron chi connectivity index (χ0n) is 22.7. The molecule has 11 nitrogen and oxygen atoms in total.